The first-order valence-electron chi connectivity index (χ1n) is 14.1. The highest BCUT2D eigenvalue weighted by Gasteiger charge is 2.75. The summed E-state index contributed by atoms with van der Waals surface area (Å²) < 4.78 is 108. The molecule has 7 rings (SSSR count). The molecule has 0 amide bonds. The smallest absolute Gasteiger partial charge is 0.360 e. The molecule has 2 aromatic rings. The predicted octanol–water partition coefficient (Wildman–Crippen LogP) is 6.11. The standard InChI is InChI=1S/C30H31F6N3O3S/c1-26(24(40)11-4-20-12-29(32,33)13-20)18-37-25(38-26)27-15-28(16-27,17-27)39(43(41,42)23-9-7-22(31)8-10-23)14-19-2-5-21(6-3-19)30(34,35)36/h2-3,5-10,20H,4,11-18H2,1H3,(H,37,38)/t26-,27?,28?/m1/s1. The summed E-state index contributed by atoms with van der Waals surface area (Å²) in [5, 5.41) is 3.26. The van der Waals surface area contributed by atoms with Crippen molar-refractivity contribution in [3.8, 4) is 0 Å². The normalized spacial score (nSPS) is 29.7. The second-order valence-corrected chi connectivity index (χ2v) is 14.8. The van der Waals surface area contributed by atoms with Crippen molar-refractivity contribution >= 4 is 21.6 Å². The van der Waals surface area contributed by atoms with Gasteiger partial charge in [-0.15, -0.1) is 0 Å². The Morgan fingerprint density at radius 3 is 2.19 bits per heavy atom. The first kappa shape index (κ1) is 30.1. The third-order valence-electron chi connectivity index (χ3n) is 9.56. The number of alkyl halides is 5. The minimum Gasteiger partial charge on any atom is -0.360 e. The number of ketones is 1. The summed E-state index contributed by atoms with van der Waals surface area (Å²) in [6.07, 6.45) is -3.16. The second-order valence-electron chi connectivity index (χ2n) is 12.9. The van der Waals surface area contributed by atoms with E-state index in [2.05, 4.69) is 10.3 Å². The van der Waals surface area contributed by atoms with Crippen LogP contribution in [0, 0.1) is 17.2 Å². The van der Waals surface area contributed by atoms with Crippen molar-refractivity contribution in [2.24, 2.45) is 16.3 Å². The van der Waals surface area contributed by atoms with Crippen molar-refractivity contribution in [2.75, 3.05) is 6.54 Å². The maximum atomic E-state index is 13.8. The second kappa shape index (κ2) is 9.79. The van der Waals surface area contributed by atoms with Gasteiger partial charge in [0, 0.05) is 36.8 Å². The molecule has 4 aliphatic carbocycles. The molecule has 1 atom stereocenters. The lowest BCUT2D eigenvalue weighted by atomic mass is 9.38. The van der Waals surface area contributed by atoms with Gasteiger partial charge in [0.1, 0.15) is 17.2 Å². The van der Waals surface area contributed by atoms with Crippen molar-refractivity contribution in [1.29, 1.82) is 0 Å². The molecule has 1 N–H and O–H groups in total. The van der Waals surface area contributed by atoms with Crippen LogP contribution >= 0.6 is 0 Å². The van der Waals surface area contributed by atoms with E-state index >= 15 is 0 Å². The maximum absolute atomic E-state index is 13.8. The number of sulfonamides is 1. The minimum absolute atomic E-state index is 0.106. The van der Waals surface area contributed by atoms with Crippen LogP contribution in [-0.2, 0) is 27.5 Å². The van der Waals surface area contributed by atoms with Gasteiger partial charge < -0.3 is 5.32 Å². The lowest BCUT2D eigenvalue weighted by molar-refractivity contribution is -0.151. The number of hydrogen-bond acceptors (Lipinski definition) is 5. The van der Waals surface area contributed by atoms with Gasteiger partial charge in [0.25, 0.3) is 0 Å². The minimum atomic E-state index is -4.53. The first-order valence-corrected chi connectivity index (χ1v) is 15.6. The number of nitrogens with zero attached hydrogens (tertiary/aromatic N) is 2. The van der Waals surface area contributed by atoms with E-state index in [9.17, 15) is 39.6 Å². The van der Waals surface area contributed by atoms with E-state index in [1.807, 2.05) is 0 Å². The Labute approximate surface area is 245 Å². The highest BCUT2D eigenvalue weighted by atomic mass is 32.2. The molecule has 4 saturated carbocycles. The molecule has 0 unspecified atom stereocenters. The number of Topliss-reactive ketones (excluding diaryl/α,β-unsaturated/α-hetero) is 1. The van der Waals surface area contributed by atoms with Crippen molar-refractivity contribution in [3.05, 3.63) is 65.5 Å². The number of amidine groups is 1. The Bertz CT molecular complexity index is 1550. The van der Waals surface area contributed by atoms with Crippen LogP contribution in [0.15, 0.2) is 58.4 Å². The van der Waals surface area contributed by atoms with Crippen molar-refractivity contribution in [2.45, 2.75) is 86.5 Å². The number of benzene rings is 2. The Hall–Kier alpha value is -2.93. The molecular formula is C30H31F6N3O3S. The first-order chi connectivity index (χ1) is 20.0. The summed E-state index contributed by atoms with van der Waals surface area (Å²) in [4.78, 5) is 17.5. The Kier molecular flexibility index (Phi) is 6.85. The molecule has 1 heterocycles. The molecule has 0 radical (unpaired) electrons. The van der Waals surface area contributed by atoms with E-state index in [4.69, 9.17) is 0 Å². The Morgan fingerprint density at radius 1 is 1.02 bits per heavy atom. The van der Waals surface area contributed by atoms with Crippen LogP contribution in [0.5, 0.6) is 0 Å². The zero-order chi connectivity index (χ0) is 31.1. The van der Waals surface area contributed by atoms with Gasteiger partial charge in [-0.25, -0.2) is 21.6 Å². The van der Waals surface area contributed by atoms with Crippen LogP contribution in [0.2, 0.25) is 0 Å². The van der Waals surface area contributed by atoms with Crippen LogP contribution in [0.25, 0.3) is 0 Å². The molecule has 43 heavy (non-hydrogen) atoms. The maximum Gasteiger partial charge on any atom is 0.416 e. The van der Waals surface area contributed by atoms with Gasteiger partial charge in [-0.3, -0.25) is 9.79 Å². The Morgan fingerprint density at radius 2 is 1.63 bits per heavy atom. The third-order valence-corrected chi connectivity index (χ3v) is 11.5. The van der Waals surface area contributed by atoms with E-state index in [1.165, 1.54) is 16.4 Å². The molecule has 4 fully saturated rings. The fourth-order valence-electron chi connectivity index (χ4n) is 7.09. The average molecular weight is 628 g/mol. The quantitative estimate of drug-likeness (QED) is 0.323. The highest BCUT2D eigenvalue weighted by Crippen LogP contribution is 2.71. The fraction of sp³-hybridized carbons (Fsp3) is 0.533. The average Bonchev–Trinajstić information content (AvgIpc) is 3.27. The van der Waals surface area contributed by atoms with Gasteiger partial charge in [-0.05, 0) is 80.5 Å². The molecule has 13 heteroatoms. The molecule has 0 spiro atoms. The Balaban J connectivity index is 1.16. The van der Waals surface area contributed by atoms with Gasteiger partial charge in [-0.1, -0.05) is 12.1 Å². The molecule has 1 aliphatic heterocycles. The largest absolute Gasteiger partial charge is 0.416 e. The number of carbonyl (C=O) groups is 1. The van der Waals surface area contributed by atoms with Crippen molar-refractivity contribution in [3.63, 3.8) is 0 Å². The number of rotatable bonds is 10. The zero-order valence-electron chi connectivity index (χ0n) is 23.4. The summed E-state index contributed by atoms with van der Waals surface area (Å²) in [6.45, 7) is 1.75. The van der Waals surface area contributed by atoms with Crippen molar-refractivity contribution in [1.82, 2.24) is 9.62 Å². The highest BCUT2D eigenvalue weighted by molar-refractivity contribution is 7.89. The summed E-state index contributed by atoms with van der Waals surface area (Å²) in [5.74, 6) is -2.89. The van der Waals surface area contributed by atoms with E-state index in [-0.39, 0.29) is 48.9 Å². The van der Waals surface area contributed by atoms with E-state index < -0.39 is 50.0 Å². The van der Waals surface area contributed by atoms with E-state index in [0.717, 1.165) is 36.4 Å². The van der Waals surface area contributed by atoms with Crippen LogP contribution < -0.4 is 5.32 Å². The molecule has 2 bridgehead atoms. The van der Waals surface area contributed by atoms with Gasteiger partial charge in [0.05, 0.1) is 17.0 Å². The van der Waals surface area contributed by atoms with Crippen LogP contribution in [0.3, 0.4) is 0 Å². The number of nitrogens with one attached hydrogen (secondary N) is 1. The molecular weight excluding hydrogens is 596 g/mol. The number of aliphatic imine (C=N–C) groups is 1. The molecule has 232 valence electrons. The van der Waals surface area contributed by atoms with Crippen LogP contribution in [0.4, 0.5) is 26.3 Å². The van der Waals surface area contributed by atoms with Crippen LogP contribution in [-0.4, -0.2) is 47.9 Å². The number of hydrogen-bond donors (Lipinski definition) is 1. The van der Waals surface area contributed by atoms with Crippen molar-refractivity contribution < 1.29 is 39.6 Å². The van der Waals surface area contributed by atoms with Gasteiger partial charge in [0.2, 0.25) is 15.9 Å². The monoisotopic (exact) mass is 627 g/mol. The molecule has 6 nitrogen and oxygen atoms in total. The van der Waals surface area contributed by atoms with Gasteiger partial charge >= 0.3 is 6.18 Å². The summed E-state index contributed by atoms with van der Waals surface area (Å²) in [7, 11) is -4.17. The van der Waals surface area contributed by atoms with E-state index in [1.54, 1.807) is 6.92 Å². The molecule has 0 aromatic heterocycles. The molecule has 2 aromatic carbocycles. The van der Waals surface area contributed by atoms with Gasteiger partial charge in [-0.2, -0.15) is 17.5 Å². The lowest BCUT2D eigenvalue weighted by Crippen LogP contribution is -2.78. The topological polar surface area (TPSA) is 78.8 Å². The number of halogens is 6. The third kappa shape index (κ3) is 5.26. The number of carbonyl (C=O) groups excluding carboxylic acids is 1. The molecule has 5 aliphatic rings. The van der Waals surface area contributed by atoms with Crippen LogP contribution in [0.1, 0.15) is 63.0 Å². The SMILES string of the molecule is C[C@]1(C(=O)CCC2CC(F)(F)C2)CN=C(C23CC(N(Cc4ccc(C(F)(F)F)cc4)S(=O)(=O)c4ccc(F)cc4)(C2)C3)N1. The summed E-state index contributed by atoms with van der Waals surface area (Å²) in [6, 6.07) is 8.73. The zero-order valence-corrected chi connectivity index (χ0v) is 24.2. The summed E-state index contributed by atoms with van der Waals surface area (Å²) in [5.41, 5.74) is -2.73. The molecule has 0 saturated heterocycles. The predicted molar refractivity (Wildman–Crippen MR) is 145 cm³/mol. The summed E-state index contributed by atoms with van der Waals surface area (Å²) >= 11 is 0. The lowest BCUT2D eigenvalue weighted by Gasteiger charge is -2.73. The van der Waals surface area contributed by atoms with E-state index in [0.29, 0.717) is 37.1 Å². The van der Waals surface area contributed by atoms with Gasteiger partial charge in [0.15, 0.2) is 5.78 Å². The fourth-order valence-corrected chi connectivity index (χ4v) is 8.85.